The molecule has 17 heavy (non-hydrogen) atoms. The molecule has 0 unspecified atom stereocenters. The molecule has 4 nitrogen and oxygen atoms in total. The molecule has 0 atom stereocenters. The highest BCUT2D eigenvalue weighted by atomic mass is 79.9. The van der Waals surface area contributed by atoms with Crippen molar-refractivity contribution in [1.29, 1.82) is 0 Å². The third-order valence-electron chi connectivity index (χ3n) is 4.02. The number of nitrogens with zero attached hydrogens (tertiary/aromatic N) is 1. The molecule has 3 rings (SSSR count). The standard InChI is InChI=1S/C12H14BrNO3/c13-9-10(14-6-8(15)17-7-14)12(11(9)16)4-2-1-3-5-12/h1-7H2. The van der Waals surface area contributed by atoms with Crippen LogP contribution in [-0.2, 0) is 14.3 Å². The Hall–Kier alpha value is -0.840. The summed E-state index contributed by atoms with van der Waals surface area (Å²) in [7, 11) is 0. The van der Waals surface area contributed by atoms with Gasteiger partial charge in [0, 0.05) is 5.70 Å². The predicted octanol–water partition coefficient (Wildman–Crippen LogP) is 1.94. The fourth-order valence-corrected chi connectivity index (χ4v) is 4.18. The van der Waals surface area contributed by atoms with Crippen molar-refractivity contribution >= 4 is 27.7 Å². The van der Waals surface area contributed by atoms with Gasteiger partial charge >= 0.3 is 5.97 Å². The number of cyclic esters (lactones) is 1. The fraction of sp³-hybridized carbons (Fsp3) is 0.667. The molecule has 2 aliphatic carbocycles. The van der Waals surface area contributed by atoms with Gasteiger partial charge in [-0.2, -0.15) is 0 Å². The van der Waals surface area contributed by atoms with Crippen LogP contribution in [0.1, 0.15) is 32.1 Å². The van der Waals surface area contributed by atoms with E-state index in [1.807, 2.05) is 4.90 Å². The van der Waals surface area contributed by atoms with E-state index >= 15 is 0 Å². The molecule has 0 aromatic heterocycles. The van der Waals surface area contributed by atoms with E-state index in [-0.39, 0.29) is 30.4 Å². The van der Waals surface area contributed by atoms with Crippen LogP contribution in [0.3, 0.4) is 0 Å². The number of allylic oxidation sites excluding steroid dienone is 2. The van der Waals surface area contributed by atoms with Crippen LogP contribution < -0.4 is 0 Å². The summed E-state index contributed by atoms with van der Waals surface area (Å²) in [5.41, 5.74) is 0.693. The number of ketones is 1. The minimum Gasteiger partial charge on any atom is -0.443 e. The normalized spacial score (nSPS) is 27.5. The SMILES string of the molecule is O=C1CN(C2=C(Br)C(=O)C23CCCCC3)CO1. The van der Waals surface area contributed by atoms with Crippen molar-refractivity contribution in [2.75, 3.05) is 13.3 Å². The van der Waals surface area contributed by atoms with Gasteiger partial charge in [0.25, 0.3) is 0 Å². The average Bonchev–Trinajstić information content (AvgIpc) is 2.76. The van der Waals surface area contributed by atoms with Crippen LogP contribution in [0.2, 0.25) is 0 Å². The maximum atomic E-state index is 12.1. The van der Waals surface area contributed by atoms with E-state index in [1.165, 1.54) is 6.42 Å². The first kappa shape index (κ1) is 11.3. The molecule has 0 radical (unpaired) electrons. The highest BCUT2D eigenvalue weighted by Crippen LogP contribution is 2.55. The lowest BCUT2D eigenvalue weighted by atomic mass is 9.62. The molecule has 1 heterocycles. The van der Waals surface area contributed by atoms with Gasteiger partial charge in [0.2, 0.25) is 0 Å². The van der Waals surface area contributed by atoms with E-state index in [4.69, 9.17) is 4.74 Å². The Balaban J connectivity index is 1.91. The topological polar surface area (TPSA) is 46.6 Å². The monoisotopic (exact) mass is 299 g/mol. The van der Waals surface area contributed by atoms with Gasteiger partial charge in [-0.25, -0.2) is 0 Å². The second-order valence-corrected chi connectivity index (χ2v) is 5.77. The molecule has 0 amide bonds. The Kier molecular flexibility index (Phi) is 2.54. The number of hydrogen-bond acceptors (Lipinski definition) is 4. The first-order valence-electron chi connectivity index (χ1n) is 6.01. The summed E-state index contributed by atoms with van der Waals surface area (Å²) in [4.78, 5) is 25.2. The van der Waals surface area contributed by atoms with Gasteiger partial charge in [-0.3, -0.25) is 9.59 Å². The summed E-state index contributed by atoms with van der Waals surface area (Å²) in [6.45, 7) is 0.567. The Bertz CT molecular complexity index is 423. The van der Waals surface area contributed by atoms with E-state index in [0.717, 1.165) is 31.4 Å². The van der Waals surface area contributed by atoms with Crippen molar-refractivity contribution < 1.29 is 14.3 Å². The molecule has 0 N–H and O–H groups in total. The summed E-state index contributed by atoms with van der Waals surface area (Å²) < 4.78 is 5.61. The van der Waals surface area contributed by atoms with Gasteiger partial charge < -0.3 is 9.64 Å². The van der Waals surface area contributed by atoms with Crippen molar-refractivity contribution in [3.63, 3.8) is 0 Å². The molecule has 92 valence electrons. The number of hydrogen-bond donors (Lipinski definition) is 0. The molecule has 3 aliphatic rings. The number of esters is 1. The lowest BCUT2D eigenvalue weighted by Gasteiger charge is -2.47. The van der Waals surface area contributed by atoms with Crippen molar-refractivity contribution in [2.24, 2.45) is 5.41 Å². The van der Waals surface area contributed by atoms with Gasteiger partial charge in [0.1, 0.15) is 6.54 Å². The highest BCUT2D eigenvalue weighted by molar-refractivity contribution is 9.12. The Morgan fingerprint density at radius 3 is 2.47 bits per heavy atom. The largest absolute Gasteiger partial charge is 0.443 e. The van der Waals surface area contributed by atoms with Crippen molar-refractivity contribution in [1.82, 2.24) is 4.90 Å². The number of halogens is 1. The van der Waals surface area contributed by atoms with Gasteiger partial charge in [-0.05, 0) is 28.8 Å². The van der Waals surface area contributed by atoms with E-state index < -0.39 is 0 Å². The number of rotatable bonds is 1. The summed E-state index contributed by atoms with van der Waals surface area (Å²) in [6.07, 6.45) is 5.23. The predicted molar refractivity (Wildman–Crippen MR) is 64.1 cm³/mol. The third kappa shape index (κ3) is 1.48. The molecule has 0 aromatic carbocycles. The molecule has 0 bridgehead atoms. The van der Waals surface area contributed by atoms with Crippen LogP contribution in [0, 0.1) is 5.41 Å². The molecule has 1 saturated carbocycles. The first-order chi connectivity index (χ1) is 8.15. The number of ether oxygens (including phenoxy) is 1. The molecule has 1 spiro atoms. The second-order valence-electron chi connectivity index (χ2n) is 4.98. The molecular formula is C12H14BrNO3. The molecule has 1 saturated heterocycles. The molecule has 0 aromatic rings. The summed E-state index contributed by atoms with van der Waals surface area (Å²) >= 11 is 3.35. The lowest BCUT2D eigenvalue weighted by Crippen LogP contribution is -2.50. The summed E-state index contributed by atoms with van der Waals surface area (Å²) in [5, 5.41) is 0. The van der Waals surface area contributed by atoms with E-state index in [2.05, 4.69) is 15.9 Å². The average molecular weight is 300 g/mol. The van der Waals surface area contributed by atoms with Crippen LogP contribution in [0.4, 0.5) is 0 Å². The van der Waals surface area contributed by atoms with Gasteiger partial charge in [0.15, 0.2) is 12.5 Å². The quantitative estimate of drug-likeness (QED) is 0.694. The fourth-order valence-electron chi connectivity index (χ4n) is 3.17. The molecule has 2 fully saturated rings. The third-order valence-corrected chi connectivity index (χ3v) is 4.76. The molecular weight excluding hydrogens is 286 g/mol. The van der Waals surface area contributed by atoms with E-state index in [0.29, 0.717) is 4.48 Å². The number of carbonyl (C=O) groups is 2. The Labute approximate surface area is 108 Å². The maximum absolute atomic E-state index is 12.1. The van der Waals surface area contributed by atoms with Crippen molar-refractivity contribution in [3.8, 4) is 0 Å². The highest BCUT2D eigenvalue weighted by Gasteiger charge is 2.55. The smallest absolute Gasteiger partial charge is 0.327 e. The summed E-state index contributed by atoms with van der Waals surface area (Å²) in [6, 6.07) is 0. The Morgan fingerprint density at radius 2 is 1.88 bits per heavy atom. The summed E-state index contributed by atoms with van der Waals surface area (Å²) in [5.74, 6) is 0.00894. The number of carbonyl (C=O) groups excluding carboxylic acids is 2. The first-order valence-corrected chi connectivity index (χ1v) is 6.80. The van der Waals surface area contributed by atoms with Crippen molar-refractivity contribution in [2.45, 2.75) is 32.1 Å². The van der Waals surface area contributed by atoms with E-state index in [1.54, 1.807) is 0 Å². The van der Waals surface area contributed by atoms with Crippen molar-refractivity contribution in [3.05, 3.63) is 10.2 Å². The van der Waals surface area contributed by atoms with Crippen LogP contribution in [0.5, 0.6) is 0 Å². The number of Topliss-reactive ketones (excluding diaryl/α,β-unsaturated/α-hetero) is 1. The molecule has 1 aliphatic heterocycles. The zero-order valence-corrected chi connectivity index (χ0v) is 11.1. The molecule has 5 heteroatoms. The minimum atomic E-state index is -0.314. The Morgan fingerprint density at radius 1 is 1.18 bits per heavy atom. The zero-order chi connectivity index (χ0) is 12.0. The second kappa shape index (κ2) is 3.83. The van der Waals surface area contributed by atoms with Crippen LogP contribution in [-0.4, -0.2) is 29.9 Å². The van der Waals surface area contributed by atoms with Crippen LogP contribution >= 0.6 is 15.9 Å². The van der Waals surface area contributed by atoms with Gasteiger partial charge in [-0.15, -0.1) is 0 Å². The zero-order valence-electron chi connectivity index (χ0n) is 9.50. The maximum Gasteiger partial charge on any atom is 0.327 e. The van der Waals surface area contributed by atoms with Gasteiger partial charge in [0.05, 0.1) is 9.90 Å². The van der Waals surface area contributed by atoms with E-state index in [9.17, 15) is 9.59 Å². The van der Waals surface area contributed by atoms with Crippen LogP contribution in [0.15, 0.2) is 10.2 Å². The van der Waals surface area contributed by atoms with Gasteiger partial charge in [-0.1, -0.05) is 19.3 Å². The lowest BCUT2D eigenvalue weighted by molar-refractivity contribution is -0.136. The minimum absolute atomic E-state index is 0.205. The van der Waals surface area contributed by atoms with Crippen LogP contribution in [0.25, 0.3) is 0 Å².